The van der Waals surface area contributed by atoms with Crippen LogP contribution < -0.4 is 10.5 Å². The molecule has 16 heavy (non-hydrogen) atoms. The van der Waals surface area contributed by atoms with E-state index in [9.17, 15) is 8.42 Å². The van der Waals surface area contributed by atoms with Gasteiger partial charge >= 0.3 is 0 Å². The molecule has 1 atom stereocenters. The molecule has 0 saturated carbocycles. The number of sulfonamides is 1. The Hall–Kier alpha value is -1.07. The zero-order chi connectivity index (χ0) is 12.3. The van der Waals surface area contributed by atoms with E-state index in [-0.39, 0.29) is 4.90 Å². The van der Waals surface area contributed by atoms with Crippen molar-refractivity contribution >= 4 is 15.7 Å². The Labute approximate surface area is 96.9 Å². The minimum Gasteiger partial charge on any atom is -0.382 e. The highest BCUT2D eigenvalue weighted by Gasteiger charge is 2.14. The van der Waals surface area contributed by atoms with Gasteiger partial charge in [-0.25, -0.2) is 13.6 Å². The van der Waals surface area contributed by atoms with Gasteiger partial charge in [0.25, 0.3) is 0 Å². The Morgan fingerprint density at radius 1 is 1.44 bits per heavy atom. The number of rotatable bonds is 4. The van der Waals surface area contributed by atoms with E-state index < -0.39 is 10.0 Å². The Bertz CT molecular complexity index is 469. The van der Waals surface area contributed by atoms with Gasteiger partial charge in [0.1, 0.15) is 0 Å². The highest BCUT2D eigenvalue weighted by atomic mass is 32.2. The highest BCUT2D eigenvalue weighted by Crippen LogP contribution is 2.22. The van der Waals surface area contributed by atoms with Crippen LogP contribution in [-0.2, 0) is 10.0 Å². The third-order valence-electron chi connectivity index (χ3n) is 2.60. The predicted octanol–water partition coefficient (Wildman–Crippen LogP) is 1.85. The fourth-order valence-electron chi connectivity index (χ4n) is 1.45. The first-order valence-electron chi connectivity index (χ1n) is 5.25. The van der Waals surface area contributed by atoms with Crippen molar-refractivity contribution in [3.8, 4) is 0 Å². The molecule has 0 saturated heterocycles. The summed E-state index contributed by atoms with van der Waals surface area (Å²) in [5.74, 6) is 0. The standard InChI is InChI=1S/C11H18N2O2S/c1-4-8(2)13-10-6-5-7-11(9(10)3)16(12,14)15/h5-8,13H,4H2,1-3H3,(H2,12,14,15). The van der Waals surface area contributed by atoms with Crippen molar-refractivity contribution in [3.05, 3.63) is 23.8 Å². The molecule has 0 amide bonds. The molecule has 0 aliphatic carbocycles. The summed E-state index contributed by atoms with van der Waals surface area (Å²) in [4.78, 5) is 0.181. The summed E-state index contributed by atoms with van der Waals surface area (Å²) in [6.07, 6.45) is 0.971. The first-order chi connectivity index (χ1) is 7.36. The number of nitrogens with two attached hydrogens (primary N) is 1. The van der Waals surface area contributed by atoms with Gasteiger partial charge in [-0.2, -0.15) is 0 Å². The molecule has 90 valence electrons. The van der Waals surface area contributed by atoms with Crippen LogP contribution in [-0.4, -0.2) is 14.5 Å². The quantitative estimate of drug-likeness (QED) is 0.846. The van der Waals surface area contributed by atoms with Crippen molar-refractivity contribution in [2.45, 2.75) is 38.1 Å². The molecule has 5 heteroatoms. The van der Waals surface area contributed by atoms with Crippen LogP contribution in [0.5, 0.6) is 0 Å². The van der Waals surface area contributed by atoms with Gasteiger partial charge in [-0.3, -0.25) is 0 Å². The van der Waals surface area contributed by atoms with Crippen molar-refractivity contribution in [2.24, 2.45) is 5.14 Å². The summed E-state index contributed by atoms with van der Waals surface area (Å²) in [6.45, 7) is 5.87. The van der Waals surface area contributed by atoms with E-state index in [0.717, 1.165) is 12.1 Å². The summed E-state index contributed by atoms with van der Waals surface area (Å²) in [6, 6.07) is 5.37. The van der Waals surface area contributed by atoms with Gasteiger partial charge in [0.15, 0.2) is 0 Å². The molecule has 1 aromatic carbocycles. The second-order valence-corrected chi connectivity index (χ2v) is 5.46. The minimum atomic E-state index is -3.64. The smallest absolute Gasteiger partial charge is 0.238 e. The highest BCUT2D eigenvalue weighted by molar-refractivity contribution is 7.89. The molecule has 0 radical (unpaired) electrons. The molecule has 0 fully saturated rings. The fraction of sp³-hybridized carbons (Fsp3) is 0.455. The molecule has 0 spiro atoms. The van der Waals surface area contributed by atoms with Crippen LogP contribution in [0.4, 0.5) is 5.69 Å². The molecule has 0 heterocycles. The van der Waals surface area contributed by atoms with Crippen LogP contribution in [0.15, 0.2) is 23.1 Å². The summed E-state index contributed by atoms with van der Waals surface area (Å²) < 4.78 is 22.6. The summed E-state index contributed by atoms with van der Waals surface area (Å²) in [7, 11) is -3.64. The largest absolute Gasteiger partial charge is 0.382 e. The van der Waals surface area contributed by atoms with Gasteiger partial charge in [0.2, 0.25) is 10.0 Å². The molecule has 0 aromatic heterocycles. The van der Waals surface area contributed by atoms with E-state index >= 15 is 0 Å². The lowest BCUT2D eigenvalue weighted by Crippen LogP contribution is -2.17. The molecule has 1 rings (SSSR count). The Morgan fingerprint density at radius 3 is 2.56 bits per heavy atom. The number of anilines is 1. The van der Waals surface area contributed by atoms with Gasteiger partial charge in [-0.15, -0.1) is 0 Å². The van der Waals surface area contributed by atoms with E-state index in [0.29, 0.717) is 11.6 Å². The van der Waals surface area contributed by atoms with Crippen LogP contribution in [0.25, 0.3) is 0 Å². The minimum absolute atomic E-state index is 0.181. The first kappa shape index (κ1) is 13.0. The van der Waals surface area contributed by atoms with Gasteiger partial charge in [0.05, 0.1) is 4.90 Å². The van der Waals surface area contributed by atoms with Gasteiger partial charge in [0, 0.05) is 11.7 Å². The zero-order valence-corrected chi connectivity index (χ0v) is 10.6. The van der Waals surface area contributed by atoms with Crippen molar-refractivity contribution in [3.63, 3.8) is 0 Å². The van der Waals surface area contributed by atoms with Gasteiger partial charge in [-0.1, -0.05) is 13.0 Å². The van der Waals surface area contributed by atoms with Crippen molar-refractivity contribution in [1.82, 2.24) is 0 Å². The first-order valence-corrected chi connectivity index (χ1v) is 6.79. The average Bonchev–Trinajstić information content (AvgIpc) is 2.19. The summed E-state index contributed by atoms with van der Waals surface area (Å²) >= 11 is 0. The number of primary sulfonamides is 1. The maximum atomic E-state index is 11.3. The van der Waals surface area contributed by atoms with Crippen LogP contribution in [0, 0.1) is 6.92 Å². The van der Waals surface area contributed by atoms with Crippen molar-refractivity contribution < 1.29 is 8.42 Å². The topological polar surface area (TPSA) is 72.2 Å². The Balaban J connectivity index is 3.15. The molecule has 1 unspecified atom stereocenters. The molecule has 0 aliphatic rings. The third kappa shape index (κ3) is 2.96. The van der Waals surface area contributed by atoms with E-state index in [1.807, 2.05) is 13.0 Å². The fourth-order valence-corrected chi connectivity index (χ4v) is 2.25. The average molecular weight is 242 g/mol. The van der Waals surface area contributed by atoms with E-state index in [1.165, 1.54) is 6.07 Å². The summed E-state index contributed by atoms with van der Waals surface area (Å²) in [5.41, 5.74) is 1.49. The van der Waals surface area contributed by atoms with Gasteiger partial charge < -0.3 is 5.32 Å². The van der Waals surface area contributed by atoms with Crippen LogP contribution in [0.3, 0.4) is 0 Å². The predicted molar refractivity (Wildman–Crippen MR) is 65.9 cm³/mol. The van der Waals surface area contributed by atoms with Crippen LogP contribution in [0.1, 0.15) is 25.8 Å². The van der Waals surface area contributed by atoms with E-state index in [2.05, 4.69) is 12.2 Å². The normalized spacial score (nSPS) is 13.5. The van der Waals surface area contributed by atoms with Crippen molar-refractivity contribution in [1.29, 1.82) is 0 Å². The Morgan fingerprint density at radius 2 is 2.06 bits per heavy atom. The molecule has 3 N–H and O–H groups in total. The third-order valence-corrected chi connectivity index (χ3v) is 3.66. The van der Waals surface area contributed by atoms with Crippen molar-refractivity contribution in [2.75, 3.05) is 5.32 Å². The maximum Gasteiger partial charge on any atom is 0.238 e. The monoisotopic (exact) mass is 242 g/mol. The van der Waals surface area contributed by atoms with Crippen LogP contribution in [0.2, 0.25) is 0 Å². The number of hydrogen-bond donors (Lipinski definition) is 2. The molecule has 0 aliphatic heterocycles. The SMILES string of the molecule is CCC(C)Nc1cccc(S(N)(=O)=O)c1C. The van der Waals surface area contributed by atoms with E-state index in [1.54, 1.807) is 13.0 Å². The number of nitrogens with one attached hydrogen (secondary N) is 1. The second kappa shape index (κ2) is 4.84. The summed E-state index contributed by atoms with van der Waals surface area (Å²) in [5, 5.41) is 8.39. The Kier molecular flexibility index (Phi) is 3.93. The molecule has 0 bridgehead atoms. The lowest BCUT2D eigenvalue weighted by atomic mass is 10.1. The second-order valence-electron chi connectivity index (χ2n) is 3.93. The zero-order valence-electron chi connectivity index (χ0n) is 9.82. The van der Waals surface area contributed by atoms with E-state index in [4.69, 9.17) is 5.14 Å². The number of benzene rings is 1. The lowest BCUT2D eigenvalue weighted by molar-refractivity contribution is 0.597. The lowest BCUT2D eigenvalue weighted by Gasteiger charge is -2.16. The number of hydrogen-bond acceptors (Lipinski definition) is 3. The molecular weight excluding hydrogens is 224 g/mol. The maximum absolute atomic E-state index is 11.3. The molecule has 4 nitrogen and oxygen atoms in total. The molecule has 1 aromatic rings. The molecular formula is C11H18N2O2S. The van der Waals surface area contributed by atoms with Crippen LogP contribution >= 0.6 is 0 Å². The van der Waals surface area contributed by atoms with Gasteiger partial charge in [-0.05, 0) is 38.0 Å².